The minimum atomic E-state index is -3.54. The molecule has 0 radical (unpaired) electrons. The normalized spacial score (nSPS) is 26.2. The van der Waals surface area contributed by atoms with E-state index in [2.05, 4.69) is 0 Å². The summed E-state index contributed by atoms with van der Waals surface area (Å²) >= 11 is 0. The molecule has 1 aromatic rings. The molecule has 2 fully saturated rings. The first-order valence-electron chi connectivity index (χ1n) is 10.2. The van der Waals surface area contributed by atoms with Crippen LogP contribution < -0.4 is 4.90 Å². The Kier molecular flexibility index (Phi) is 5.35. The molecule has 0 saturated carbocycles. The Balaban J connectivity index is 1.40. The van der Waals surface area contributed by atoms with E-state index in [1.807, 2.05) is 38.1 Å². The maximum atomic E-state index is 13.1. The lowest BCUT2D eigenvalue weighted by molar-refractivity contribution is -0.910. The Morgan fingerprint density at radius 2 is 1.59 bits per heavy atom. The summed E-state index contributed by atoms with van der Waals surface area (Å²) < 4.78 is 27.7. The average molecular weight is 419 g/mol. The molecule has 2 atom stereocenters. The molecule has 7 nitrogen and oxygen atoms in total. The summed E-state index contributed by atoms with van der Waals surface area (Å²) in [6, 6.07) is 5.47. The summed E-state index contributed by atoms with van der Waals surface area (Å²) in [6.07, 6.45) is 5.26. The predicted octanol–water partition coefficient (Wildman–Crippen LogP) is 0.101. The van der Waals surface area contributed by atoms with Gasteiger partial charge < -0.3 is 4.90 Å². The fraction of sp³-hybridized carbons (Fsp3) is 0.524. The number of allylic oxidation sites excluding steroid dienone is 2. The Morgan fingerprint density at radius 1 is 1.00 bits per heavy atom. The van der Waals surface area contributed by atoms with Crippen LogP contribution in [0.25, 0.3) is 0 Å². The van der Waals surface area contributed by atoms with Crippen LogP contribution in [0.1, 0.15) is 24.0 Å². The van der Waals surface area contributed by atoms with Gasteiger partial charge in [0.25, 0.3) is 0 Å². The maximum absolute atomic E-state index is 13.1. The Hall–Kier alpha value is -2.03. The van der Waals surface area contributed by atoms with Crippen molar-refractivity contribution in [3.8, 4) is 0 Å². The number of nitrogens with one attached hydrogen (secondary N) is 1. The van der Waals surface area contributed by atoms with Gasteiger partial charge in [0, 0.05) is 0 Å². The van der Waals surface area contributed by atoms with Gasteiger partial charge in [-0.25, -0.2) is 13.3 Å². The van der Waals surface area contributed by atoms with E-state index in [1.165, 1.54) is 9.21 Å². The molecule has 3 aliphatic rings. The molecule has 0 spiro atoms. The fourth-order valence-corrected chi connectivity index (χ4v) is 6.32. The number of carbonyl (C=O) groups is 2. The number of hydrogen-bond acceptors (Lipinski definition) is 4. The van der Waals surface area contributed by atoms with Crippen molar-refractivity contribution in [3.63, 3.8) is 0 Å². The summed E-state index contributed by atoms with van der Waals surface area (Å²) in [6.45, 7) is 5.96. The molecule has 0 unspecified atom stereocenters. The van der Waals surface area contributed by atoms with Gasteiger partial charge in [-0.15, -0.1) is 0 Å². The van der Waals surface area contributed by atoms with Gasteiger partial charge in [0.15, 0.2) is 6.67 Å². The van der Waals surface area contributed by atoms with Crippen molar-refractivity contribution in [1.29, 1.82) is 0 Å². The molecule has 2 amide bonds. The van der Waals surface area contributed by atoms with Gasteiger partial charge >= 0.3 is 0 Å². The number of carbonyl (C=O) groups excluding carboxylic acids is 2. The van der Waals surface area contributed by atoms with Crippen LogP contribution in [0.3, 0.4) is 0 Å². The molecule has 156 valence electrons. The second-order valence-corrected chi connectivity index (χ2v) is 10.2. The number of piperazine rings is 1. The van der Waals surface area contributed by atoms with Gasteiger partial charge in [-0.2, -0.15) is 4.31 Å². The van der Waals surface area contributed by atoms with Crippen LogP contribution in [0.5, 0.6) is 0 Å². The Morgan fingerprint density at radius 3 is 2.17 bits per heavy atom. The number of aryl methyl sites for hydroxylation is 2. The van der Waals surface area contributed by atoms with E-state index in [-0.39, 0.29) is 23.7 Å². The third kappa shape index (κ3) is 3.65. The number of imide groups is 1. The first kappa shape index (κ1) is 20.3. The Labute approximate surface area is 172 Å². The lowest BCUT2D eigenvalue weighted by Gasteiger charge is -2.33. The summed E-state index contributed by atoms with van der Waals surface area (Å²) in [7, 11) is -3.54. The van der Waals surface area contributed by atoms with E-state index >= 15 is 0 Å². The minimum Gasteiger partial charge on any atom is -0.315 e. The lowest BCUT2D eigenvalue weighted by atomic mass is 9.85. The van der Waals surface area contributed by atoms with E-state index in [0.29, 0.717) is 50.6 Å². The van der Waals surface area contributed by atoms with Crippen molar-refractivity contribution in [3.05, 3.63) is 41.5 Å². The van der Waals surface area contributed by atoms with Gasteiger partial charge in [0.1, 0.15) is 0 Å². The number of fused-ring (bicyclic) bond motifs is 1. The Bertz CT molecular complexity index is 938. The van der Waals surface area contributed by atoms with Crippen molar-refractivity contribution in [1.82, 2.24) is 9.21 Å². The maximum Gasteiger partial charge on any atom is 0.243 e. The molecule has 2 heterocycles. The predicted molar refractivity (Wildman–Crippen MR) is 107 cm³/mol. The smallest absolute Gasteiger partial charge is 0.243 e. The molecule has 8 heteroatoms. The third-order valence-corrected chi connectivity index (χ3v) is 8.41. The van der Waals surface area contributed by atoms with E-state index < -0.39 is 10.0 Å². The van der Waals surface area contributed by atoms with Gasteiger partial charge in [-0.3, -0.25) is 9.59 Å². The molecule has 1 aliphatic carbocycles. The highest BCUT2D eigenvalue weighted by Crippen LogP contribution is 2.34. The van der Waals surface area contributed by atoms with Gasteiger partial charge in [-0.05, 0) is 43.9 Å². The molecule has 29 heavy (non-hydrogen) atoms. The van der Waals surface area contributed by atoms with Crippen molar-refractivity contribution in [2.75, 3.05) is 32.8 Å². The minimum absolute atomic E-state index is 0.0673. The molecule has 0 aromatic heterocycles. The topological polar surface area (TPSA) is 79.2 Å². The second-order valence-electron chi connectivity index (χ2n) is 8.34. The molecule has 0 bridgehead atoms. The molecule has 2 aliphatic heterocycles. The second kappa shape index (κ2) is 7.66. The third-order valence-electron chi connectivity index (χ3n) is 6.37. The number of hydrogen-bond donors (Lipinski definition) is 1. The zero-order valence-corrected chi connectivity index (χ0v) is 17.7. The van der Waals surface area contributed by atoms with Crippen LogP contribution in [-0.4, -0.2) is 62.3 Å². The molecular formula is C21H28N3O4S+. The van der Waals surface area contributed by atoms with E-state index in [1.54, 1.807) is 6.07 Å². The van der Waals surface area contributed by atoms with Crippen LogP contribution in [0.2, 0.25) is 0 Å². The quantitative estimate of drug-likeness (QED) is 0.556. The highest BCUT2D eigenvalue weighted by atomic mass is 32.2. The highest BCUT2D eigenvalue weighted by Gasteiger charge is 2.48. The summed E-state index contributed by atoms with van der Waals surface area (Å²) in [5, 5.41) is 0. The lowest BCUT2D eigenvalue weighted by Crippen LogP contribution is -3.16. The molecule has 1 aromatic carbocycles. The van der Waals surface area contributed by atoms with Crippen molar-refractivity contribution < 1.29 is 22.9 Å². The average Bonchev–Trinajstić information content (AvgIpc) is 2.95. The zero-order valence-electron chi connectivity index (χ0n) is 16.9. The summed E-state index contributed by atoms with van der Waals surface area (Å²) in [5.41, 5.74) is 1.66. The fourth-order valence-electron chi connectivity index (χ4n) is 4.57. The summed E-state index contributed by atoms with van der Waals surface area (Å²) in [5.74, 6) is -0.555. The first-order chi connectivity index (χ1) is 13.8. The van der Waals surface area contributed by atoms with E-state index in [9.17, 15) is 18.0 Å². The number of benzene rings is 1. The molecule has 1 N–H and O–H groups in total. The molecule has 4 rings (SSSR count). The van der Waals surface area contributed by atoms with Gasteiger partial charge in [0.05, 0.1) is 42.9 Å². The highest BCUT2D eigenvalue weighted by molar-refractivity contribution is 7.89. The number of likely N-dealkylation sites (tertiary alicyclic amines) is 1. The van der Waals surface area contributed by atoms with Gasteiger partial charge in [0.2, 0.25) is 21.8 Å². The largest absolute Gasteiger partial charge is 0.315 e. The van der Waals surface area contributed by atoms with Crippen LogP contribution in [-0.2, 0) is 19.6 Å². The van der Waals surface area contributed by atoms with Crippen LogP contribution >= 0.6 is 0 Å². The van der Waals surface area contributed by atoms with E-state index in [0.717, 1.165) is 16.0 Å². The monoisotopic (exact) mass is 418 g/mol. The number of amides is 2. The number of rotatable bonds is 4. The number of quaternary nitrogens is 1. The molecule has 2 saturated heterocycles. The van der Waals surface area contributed by atoms with Crippen LogP contribution in [0.15, 0.2) is 35.2 Å². The van der Waals surface area contributed by atoms with Gasteiger partial charge in [-0.1, -0.05) is 24.3 Å². The first-order valence-corrected chi connectivity index (χ1v) is 11.6. The van der Waals surface area contributed by atoms with Crippen molar-refractivity contribution in [2.24, 2.45) is 11.8 Å². The zero-order chi connectivity index (χ0) is 20.8. The summed E-state index contributed by atoms with van der Waals surface area (Å²) in [4.78, 5) is 28.2. The van der Waals surface area contributed by atoms with Crippen molar-refractivity contribution >= 4 is 21.8 Å². The van der Waals surface area contributed by atoms with E-state index in [4.69, 9.17) is 0 Å². The SMILES string of the molecule is Cc1ccc(C)c(S(=O)(=O)N2CC[NH+](CN3C(=O)[C@@H]4CC=CC[C@H]4C3=O)CC2)c1. The standard InChI is InChI=1S/C21H27N3O4S/c1-15-7-8-16(2)19(13-15)29(27,28)23-11-9-22(10-12-23)14-24-20(25)17-5-3-4-6-18(17)21(24)26/h3-4,7-8,13,17-18H,5-6,9-12,14H2,1-2H3/p+1/t17-,18-/m1/s1. The molecular weight excluding hydrogens is 390 g/mol. The van der Waals surface area contributed by atoms with Crippen LogP contribution in [0.4, 0.5) is 0 Å². The number of nitrogens with zero attached hydrogens (tertiary/aromatic N) is 2. The van der Waals surface area contributed by atoms with Crippen LogP contribution in [0, 0.1) is 25.7 Å². The number of sulfonamides is 1. The van der Waals surface area contributed by atoms with Crippen molar-refractivity contribution in [2.45, 2.75) is 31.6 Å².